The van der Waals surface area contributed by atoms with E-state index in [1.54, 1.807) is 12.1 Å². The van der Waals surface area contributed by atoms with Crippen LogP contribution in [-0.2, 0) is 11.2 Å². The van der Waals surface area contributed by atoms with Crippen molar-refractivity contribution in [1.82, 2.24) is 10.2 Å². The predicted molar refractivity (Wildman–Crippen MR) is 73.4 cm³/mol. The zero-order valence-corrected chi connectivity index (χ0v) is 11.2. The van der Waals surface area contributed by atoms with E-state index in [0.717, 1.165) is 25.1 Å². The van der Waals surface area contributed by atoms with Crippen molar-refractivity contribution >= 4 is 5.91 Å². The van der Waals surface area contributed by atoms with Crippen LogP contribution in [0.1, 0.15) is 24.8 Å². The van der Waals surface area contributed by atoms with Crippen LogP contribution in [0, 0.1) is 5.82 Å². The lowest BCUT2D eigenvalue weighted by atomic mass is 10.1. The third-order valence-corrected chi connectivity index (χ3v) is 3.45. The second-order valence-electron chi connectivity index (χ2n) is 5.06. The molecule has 1 aromatic rings. The number of amides is 1. The number of halogens is 1. The van der Waals surface area contributed by atoms with Crippen LogP contribution < -0.4 is 5.32 Å². The first-order chi connectivity index (χ1) is 9.24. The molecule has 0 aromatic heterocycles. The minimum atomic E-state index is -0.269. The Bertz CT molecular complexity index is 399. The van der Waals surface area contributed by atoms with E-state index in [9.17, 15) is 9.18 Å². The third kappa shape index (κ3) is 4.99. The minimum Gasteiger partial charge on any atom is -0.356 e. The normalized spacial score (nSPS) is 15.6. The van der Waals surface area contributed by atoms with Crippen molar-refractivity contribution in [1.29, 1.82) is 0 Å². The molecule has 1 heterocycles. The van der Waals surface area contributed by atoms with Gasteiger partial charge in [0.1, 0.15) is 5.82 Å². The first-order valence-electron chi connectivity index (χ1n) is 6.97. The van der Waals surface area contributed by atoms with E-state index in [1.807, 2.05) is 0 Å². The highest BCUT2D eigenvalue weighted by atomic mass is 19.1. The molecule has 0 radical (unpaired) electrons. The number of hydrogen-bond donors (Lipinski definition) is 1. The molecule has 1 aromatic carbocycles. The van der Waals surface area contributed by atoms with Crippen LogP contribution >= 0.6 is 0 Å². The van der Waals surface area contributed by atoms with Gasteiger partial charge in [0.15, 0.2) is 0 Å². The highest BCUT2D eigenvalue weighted by Gasteiger charge is 2.10. The van der Waals surface area contributed by atoms with E-state index in [0.29, 0.717) is 6.42 Å². The van der Waals surface area contributed by atoms with Crippen molar-refractivity contribution in [3.05, 3.63) is 35.6 Å². The molecule has 2 rings (SSSR count). The van der Waals surface area contributed by atoms with Crippen LogP contribution in [0.25, 0.3) is 0 Å². The van der Waals surface area contributed by atoms with Crippen molar-refractivity contribution in [3.8, 4) is 0 Å². The molecule has 0 atom stereocenters. The van der Waals surface area contributed by atoms with E-state index >= 15 is 0 Å². The maximum atomic E-state index is 12.7. The van der Waals surface area contributed by atoms with Gasteiger partial charge in [0.25, 0.3) is 0 Å². The lowest BCUT2D eigenvalue weighted by molar-refractivity contribution is -0.120. The van der Waals surface area contributed by atoms with Gasteiger partial charge in [-0.3, -0.25) is 4.79 Å². The molecule has 19 heavy (non-hydrogen) atoms. The molecule has 1 fully saturated rings. The summed E-state index contributed by atoms with van der Waals surface area (Å²) in [6.07, 6.45) is 3.92. The van der Waals surface area contributed by atoms with Gasteiger partial charge in [-0.1, -0.05) is 12.1 Å². The number of carbonyl (C=O) groups is 1. The molecular weight excluding hydrogens is 243 g/mol. The maximum Gasteiger partial charge on any atom is 0.224 e. The van der Waals surface area contributed by atoms with Gasteiger partial charge in [0.2, 0.25) is 5.91 Å². The van der Waals surface area contributed by atoms with Gasteiger partial charge in [-0.05, 0) is 56.6 Å². The Kier molecular flexibility index (Phi) is 5.33. The average Bonchev–Trinajstić information content (AvgIpc) is 2.91. The maximum absolute atomic E-state index is 12.7. The number of hydrogen-bond acceptors (Lipinski definition) is 2. The molecule has 1 saturated heterocycles. The van der Waals surface area contributed by atoms with E-state index < -0.39 is 0 Å². The fraction of sp³-hybridized carbons (Fsp3) is 0.533. The molecule has 3 nitrogen and oxygen atoms in total. The van der Waals surface area contributed by atoms with E-state index in [-0.39, 0.29) is 11.7 Å². The molecule has 0 aliphatic carbocycles. The third-order valence-electron chi connectivity index (χ3n) is 3.45. The molecule has 1 aliphatic heterocycles. The Morgan fingerprint density at radius 3 is 2.58 bits per heavy atom. The number of carbonyl (C=O) groups excluding carboxylic acids is 1. The molecule has 0 saturated carbocycles. The molecule has 0 unspecified atom stereocenters. The lowest BCUT2D eigenvalue weighted by Gasteiger charge is -2.14. The Morgan fingerprint density at radius 2 is 1.89 bits per heavy atom. The monoisotopic (exact) mass is 264 g/mol. The van der Waals surface area contributed by atoms with Crippen LogP contribution in [-0.4, -0.2) is 37.0 Å². The van der Waals surface area contributed by atoms with Crippen molar-refractivity contribution in [2.45, 2.75) is 25.7 Å². The first kappa shape index (κ1) is 14.0. The summed E-state index contributed by atoms with van der Waals surface area (Å²) in [5.74, 6) is -0.261. The molecule has 104 valence electrons. The molecular formula is C15H21FN2O. The second kappa shape index (κ2) is 7.24. The molecule has 4 heteroatoms. The average molecular weight is 264 g/mol. The summed E-state index contributed by atoms with van der Waals surface area (Å²) in [5, 5.41) is 2.91. The van der Waals surface area contributed by atoms with Gasteiger partial charge in [0.05, 0.1) is 6.42 Å². The molecule has 1 aliphatic rings. The summed E-state index contributed by atoms with van der Waals surface area (Å²) in [6, 6.07) is 6.07. The second-order valence-corrected chi connectivity index (χ2v) is 5.06. The van der Waals surface area contributed by atoms with Gasteiger partial charge in [-0.2, -0.15) is 0 Å². The SMILES string of the molecule is O=C(Cc1ccc(F)cc1)NCCCN1CCCC1. The highest BCUT2D eigenvalue weighted by molar-refractivity contribution is 5.78. The van der Waals surface area contributed by atoms with Crippen LogP contribution in [0.3, 0.4) is 0 Å². The van der Waals surface area contributed by atoms with Gasteiger partial charge in [-0.25, -0.2) is 4.39 Å². The van der Waals surface area contributed by atoms with Crippen LogP contribution in [0.15, 0.2) is 24.3 Å². The molecule has 1 amide bonds. The molecule has 1 N–H and O–H groups in total. The van der Waals surface area contributed by atoms with Gasteiger partial charge < -0.3 is 10.2 Å². The van der Waals surface area contributed by atoms with E-state index in [4.69, 9.17) is 0 Å². The number of benzene rings is 1. The summed E-state index contributed by atoms with van der Waals surface area (Å²) in [7, 11) is 0. The van der Waals surface area contributed by atoms with Gasteiger partial charge in [0, 0.05) is 6.54 Å². The lowest BCUT2D eigenvalue weighted by Crippen LogP contribution is -2.29. The Hall–Kier alpha value is -1.42. The van der Waals surface area contributed by atoms with Gasteiger partial charge >= 0.3 is 0 Å². The summed E-state index contributed by atoms with van der Waals surface area (Å²) in [6.45, 7) is 4.18. The number of rotatable bonds is 6. The van der Waals surface area contributed by atoms with Crippen molar-refractivity contribution in [3.63, 3.8) is 0 Å². The molecule has 0 bridgehead atoms. The summed E-state index contributed by atoms with van der Waals surface area (Å²) < 4.78 is 12.7. The van der Waals surface area contributed by atoms with Crippen LogP contribution in [0.5, 0.6) is 0 Å². The van der Waals surface area contributed by atoms with E-state index in [1.165, 1.54) is 38.1 Å². The highest BCUT2D eigenvalue weighted by Crippen LogP contribution is 2.07. The fourth-order valence-electron chi connectivity index (χ4n) is 2.39. The largest absolute Gasteiger partial charge is 0.356 e. The standard InChI is InChI=1S/C15H21FN2O/c16-14-6-4-13(5-7-14)12-15(19)17-8-3-11-18-9-1-2-10-18/h4-7H,1-3,8-12H2,(H,17,19). The summed E-state index contributed by atoms with van der Waals surface area (Å²) in [4.78, 5) is 14.1. The zero-order chi connectivity index (χ0) is 13.5. The topological polar surface area (TPSA) is 32.3 Å². The number of nitrogens with one attached hydrogen (secondary N) is 1. The Balaban J connectivity index is 1.60. The first-order valence-corrected chi connectivity index (χ1v) is 6.97. The minimum absolute atomic E-state index is 0.00744. The van der Waals surface area contributed by atoms with Crippen molar-refractivity contribution in [2.24, 2.45) is 0 Å². The van der Waals surface area contributed by atoms with Crippen molar-refractivity contribution < 1.29 is 9.18 Å². The smallest absolute Gasteiger partial charge is 0.224 e. The predicted octanol–water partition coefficient (Wildman–Crippen LogP) is 1.97. The molecule has 0 spiro atoms. The Labute approximate surface area is 113 Å². The Morgan fingerprint density at radius 1 is 1.21 bits per heavy atom. The zero-order valence-electron chi connectivity index (χ0n) is 11.2. The number of nitrogens with zero attached hydrogens (tertiary/aromatic N) is 1. The van der Waals surface area contributed by atoms with Crippen LogP contribution in [0.2, 0.25) is 0 Å². The quantitative estimate of drug-likeness (QED) is 0.797. The summed E-state index contributed by atoms with van der Waals surface area (Å²) >= 11 is 0. The van der Waals surface area contributed by atoms with Gasteiger partial charge in [-0.15, -0.1) is 0 Å². The van der Waals surface area contributed by atoms with Crippen LogP contribution in [0.4, 0.5) is 4.39 Å². The summed E-state index contributed by atoms with van der Waals surface area (Å²) in [5.41, 5.74) is 0.846. The fourth-order valence-corrected chi connectivity index (χ4v) is 2.39. The van der Waals surface area contributed by atoms with E-state index in [2.05, 4.69) is 10.2 Å². The van der Waals surface area contributed by atoms with Crippen molar-refractivity contribution in [2.75, 3.05) is 26.2 Å². The number of likely N-dealkylation sites (tertiary alicyclic amines) is 1.